The fourth-order valence-corrected chi connectivity index (χ4v) is 4.54. The third-order valence-electron chi connectivity index (χ3n) is 3.64. The second kappa shape index (κ2) is 4.83. The van der Waals surface area contributed by atoms with E-state index in [0.717, 1.165) is 0 Å². The van der Waals surface area contributed by atoms with E-state index in [1.807, 2.05) is 0 Å². The van der Waals surface area contributed by atoms with Crippen molar-refractivity contribution in [3.05, 3.63) is 52.2 Å². The Morgan fingerprint density at radius 3 is 2.81 bits per heavy atom. The Labute approximate surface area is 101 Å². The quantitative estimate of drug-likeness (QED) is 0.698. The first-order valence-electron chi connectivity index (χ1n) is 6.15. The maximum Gasteiger partial charge on any atom is 0.0835 e. The van der Waals surface area contributed by atoms with Crippen molar-refractivity contribution in [2.24, 2.45) is 0 Å². The molecule has 2 rings (SSSR count). The average Bonchev–Trinajstić information content (AvgIpc) is 2.72. The molecule has 0 spiro atoms. The van der Waals surface area contributed by atoms with Crippen LogP contribution in [-0.4, -0.2) is 9.52 Å². The highest BCUT2D eigenvalue weighted by Gasteiger charge is 2.10. The normalized spacial score (nSPS) is 15.7. The van der Waals surface area contributed by atoms with Crippen LogP contribution in [0.25, 0.3) is 0 Å². The summed E-state index contributed by atoms with van der Waals surface area (Å²) in [5.41, 5.74) is 4.56. The van der Waals surface area contributed by atoms with E-state index in [9.17, 15) is 0 Å². The van der Waals surface area contributed by atoms with Crippen molar-refractivity contribution < 1.29 is 0 Å². The lowest BCUT2D eigenvalue weighted by molar-refractivity contribution is 1.14. The molecule has 0 saturated heterocycles. The smallest absolute Gasteiger partial charge is 0.0806 e. The first-order chi connectivity index (χ1) is 7.72. The molecule has 0 radical (unpaired) electrons. The van der Waals surface area contributed by atoms with Crippen LogP contribution in [-0.2, 0) is 0 Å². The van der Waals surface area contributed by atoms with E-state index in [-0.39, 0.29) is 9.52 Å². The van der Waals surface area contributed by atoms with Crippen LogP contribution < -0.4 is 5.19 Å². The number of allylic oxidation sites excluding steroid dienone is 4. The van der Waals surface area contributed by atoms with E-state index in [0.29, 0.717) is 0 Å². The van der Waals surface area contributed by atoms with Gasteiger partial charge in [0.25, 0.3) is 0 Å². The highest BCUT2D eigenvalue weighted by molar-refractivity contribution is 6.62. The highest BCUT2D eigenvalue weighted by Crippen LogP contribution is 2.20. The van der Waals surface area contributed by atoms with Gasteiger partial charge < -0.3 is 0 Å². The molecule has 0 bridgehead atoms. The third-order valence-corrected chi connectivity index (χ3v) is 5.96. The Morgan fingerprint density at radius 2 is 2.06 bits per heavy atom. The van der Waals surface area contributed by atoms with Crippen LogP contribution in [0.4, 0.5) is 0 Å². The van der Waals surface area contributed by atoms with Crippen molar-refractivity contribution in [2.75, 3.05) is 0 Å². The summed E-state index contributed by atoms with van der Waals surface area (Å²) < 4.78 is 0. The molecule has 0 amide bonds. The van der Waals surface area contributed by atoms with E-state index in [4.69, 9.17) is 0 Å². The molecule has 0 atom stereocenters. The minimum absolute atomic E-state index is 0.227. The van der Waals surface area contributed by atoms with E-state index < -0.39 is 0 Å². The van der Waals surface area contributed by atoms with Crippen LogP contribution in [0.5, 0.6) is 0 Å². The van der Waals surface area contributed by atoms with Crippen LogP contribution in [0.2, 0.25) is 0 Å². The van der Waals surface area contributed by atoms with Gasteiger partial charge in [-0.1, -0.05) is 53.2 Å². The number of hydrogen-bond acceptors (Lipinski definition) is 0. The second-order valence-corrected chi connectivity index (χ2v) is 6.59. The van der Waals surface area contributed by atoms with E-state index in [1.165, 1.54) is 24.0 Å². The number of hydrogen-bond donors (Lipinski definition) is 0. The van der Waals surface area contributed by atoms with Gasteiger partial charge in [0.15, 0.2) is 0 Å². The first-order valence-corrected chi connectivity index (χ1v) is 7.56. The molecule has 0 nitrogen and oxygen atoms in total. The predicted octanol–water partition coefficient (Wildman–Crippen LogP) is 2.72. The Morgan fingerprint density at radius 1 is 1.25 bits per heavy atom. The highest BCUT2D eigenvalue weighted by atomic mass is 28.2. The minimum atomic E-state index is -0.227. The van der Waals surface area contributed by atoms with Crippen molar-refractivity contribution in [2.45, 2.75) is 33.6 Å². The molecule has 0 N–H and O–H groups in total. The summed E-state index contributed by atoms with van der Waals surface area (Å²) in [7, 11) is -0.227. The average molecular weight is 228 g/mol. The molecule has 1 aliphatic rings. The van der Waals surface area contributed by atoms with E-state index in [1.54, 1.807) is 16.0 Å². The molecular formula is C15H20Si. The van der Waals surface area contributed by atoms with Gasteiger partial charge in [-0.15, -0.1) is 0 Å². The maximum absolute atomic E-state index is 2.33. The van der Waals surface area contributed by atoms with Crippen LogP contribution in [0.3, 0.4) is 0 Å². The van der Waals surface area contributed by atoms with Gasteiger partial charge in [-0.25, -0.2) is 0 Å². The molecule has 16 heavy (non-hydrogen) atoms. The molecule has 0 saturated carbocycles. The van der Waals surface area contributed by atoms with Gasteiger partial charge in [0.1, 0.15) is 0 Å². The molecule has 0 heterocycles. The number of rotatable bonds is 3. The Bertz CT molecular complexity index is 453. The summed E-state index contributed by atoms with van der Waals surface area (Å²) in [6.07, 6.45) is 7.06. The summed E-state index contributed by atoms with van der Waals surface area (Å²) in [5, 5.41) is 3.38. The summed E-state index contributed by atoms with van der Waals surface area (Å²) in [5.74, 6) is 0. The van der Waals surface area contributed by atoms with Crippen molar-refractivity contribution in [1.82, 2.24) is 0 Å². The van der Waals surface area contributed by atoms with E-state index >= 15 is 0 Å². The Balaban J connectivity index is 2.25. The zero-order valence-corrected chi connectivity index (χ0v) is 11.9. The lowest BCUT2D eigenvalue weighted by Crippen LogP contribution is -2.20. The van der Waals surface area contributed by atoms with Gasteiger partial charge in [0.05, 0.1) is 9.52 Å². The molecule has 1 aromatic rings. The van der Waals surface area contributed by atoms with Crippen LogP contribution in [0.1, 0.15) is 30.9 Å². The molecule has 1 heteroatoms. The van der Waals surface area contributed by atoms with Crippen molar-refractivity contribution >= 4 is 14.7 Å². The fraction of sp³-hybridized carbons (Fsp3) is 0.333. The Hall–Kier alpha value is -1.08. The van der Waals surface area contributed by atoms with Gasteiger partial charge in [-0.2, -0.15) is 0 Å². The molecule has 0 fully saturated rings. The first kappa shape index (κ1) is 11.4. The van der Waals surface area contributed by atoms with Crippen LogP contribution in [0.15, 0.2) is 41.1 Å². The second-order valence-electron chi connectivity index (χ2n) is 4.62. The summed E-state index contributed by atoms with van der Waals surface area (Å²) in [6.45, 7) is 6.75. The molecule has 0 aliphatic heterocycles. The molecule has 0 unspecified atom stereocenters. The van der Waals surface area contributed by atoms with Gasteiger partial charge in [-0.05, 0) is 37.8 Å². The van der Waals surface area contributed by atoms with E-state index in [2.05, 4.69) is 51.1 Å². The molecule has 1 aromatic carbocycles. The summed E-state index contributed by atoms with van der Waals surface area (Å²) in [4.78, 5) is 0. The molecule has 84 valence electrons. The van der Waals surface area contributed by atoms with Gasteiger partial charge in [0.2, 0.25) is 0 Å². The zero-order chi connectivity index (χ0) is 11.5. The SMILES string of the molecule is CCC1=C([SiH2]c2cccc(C)c2C)CC=C1. The molecular weight excluding hydrogens is 208 g/mol. The monoisotopic (exact) mass is 228 g/mol. The zero-order valence-electron chi connectivity index (χ0n) is 10.5. The van der Waals surface area contributed by atoms with Crippen LogP contribution in [0, 0.1) is 13.8 Å². The minimum Gasteiger partial charge on any atom is -0.0806 e. The number of aryl methyl sites for hydroxylation is 1. The fourth-order valence-electron chi connectivity index (χ4n) is 2.38. The van der Waals surface area contributed by atoms with Crippen LogP contribution >= 0.6 is 0 Å². The lowest BCUT2D eigenvalue weighted by Gasteiger charge is -2.10. The number of benzene rings is 1. The summed E-state index contributed by atoms with van der Waals surface area (Å²) in [6, 6.07) is 6.75. The van der Waals surface area contributed by atoms with Gasteiger partial charge in [0, 0.05) is 0 Å². The molecule has 1 aliphatic carbocycles. The van der Waals surface area contributed by atoms with Crippen molar-refractivity contribution in [1.29, 1.82) is 0 Å². The third kappa shape index (κ3) is 2.19. The largest absolute Gasteiger partial charge is 0.0835 e. The summed E-state index contributed by atoms with van der Waals surface area (Å²) >= 11 is 0. The molecule has 0 aromatic heterocycles. The standard InChI is InChI=1S/C15H20Si/c1-4-13-8-6-10-15(13)16-14-9-5-7-11(2)12(14)3/h5-9H,4,10,16H2,1-3H3. The van der Waals surface area contributed by atoms with Gasteiger partial charge in [-0.3, -0.25) is 0 Å². The van der Waals surface area contributed by atoms with Crippen molar-refractivity contribution in [3.8, 4) is 0 Å². The lowest BCUT2D eigenvalue weighted by atomic mass is 10.1. The van der Waals surface area contributed by atoms with Crippen molar-refractivity contribution in [3.63, 3.8) is 0 Å². The topological polar surface area (TPSA) is 0 Å². The predicted molar refractivity (Wildman–Crippen MR) is 75.2 cm³/mol. The maximum atomic E-state index is 2.33. The van der Waals surface area contributed by atoms with Gasteiger partial charge >= 0.3 is 0 Å². The Kier molecular flexibility index (Phi) is 3.45.